The average Bonchev–Trinajstić information content (AvgIpc) is 2.94. The molecule has 5 nitrogen and oxygen atoms in total. The first-order valence-corrected chi connectivity index (χ1v) is 9.52. The minimum Gasteiger partial charge on any atom is -0.325 e. The van der Waals surface area contributed by atoms with Crippen molar-refractivity contribution in [3.63, 3.8) is 0 Å². The first-order chi connectivity index (χ1) is 13.4. The van der Waals surface area contributed by atoms with Gasteiger partial charge in [-0.05, 0) is 64.1 Å². The Kier molecular flexibility index (Phi) is 5.95. The number of benzene rings is 2. The summed E-state index contributed by atoms with van der Waals surface area (Å²) in [5.74, 6) is -0.0121. The van der Waals surface area contributed by atoms with Gasteiger partial charge in [-0.1, -0.05) is 30.3 Å². The maximum atomic E-state index is 12.5. The number of carbonyl (C=O) groups excluding carboxylic acids is 1. The summed E-state index contributed by atoms with van der Waals surface area (Å²) in [4.78, 5) is 14.5. The lowest BCUT2D eigenvalue weighted by Crippen LogP contribution is -2.30. The van der Waals surface area contributed by atoms with Crippen molar-refractivity contribution in [1.82, 2.24) is 14.7 Å². The van der Waals surface area contributed by atoms with Crippen LogP contribution < -0.4 is 5.32 Å². The lowest BCUT2D eigenvalue weighted by molar-refractivity contribution is -0.117. The lowest BCUT2D eigenvalue weighted by atomic mass is 10.1. The van der Waals surface area contributed by atoms with Crippen LogP contribution in [0.3, 0.4) is 0 Å². The summed E-state index contributed by atoms with van der Waals surface area (Å²) in [5.41, 5.74) is 7.45. The van der Waals surface area contributed by atoms with Crippen LogP contribution in [0.25, 0.3) is 5.69 Å². The van der Waals surface area contributed by atoms with Crippen molar-refractivity contribution in [2.24, 2.45) is 0 Å². The number of likely N-dealkylation sites (N-methyl/N-ethyl adjacent to an activating group) is 1. The molecule has 1 aromatic heterocycles. The number of hydrogen-bond donors (Lipinski definition) is 1. The fourth-order valence-corrected chi connectivity index (χ4v) is 3.37. The van der Waals surface area contributed by atoms with Gasteiger partial charge in [0.15, 0.2) is 0 Å². The first kappa shape index (κ1) is 19.8. The number of anilines is 1. The van der Waals surface area contributed by atoms with Crippen LogP contribution in [0, 0.1) is 27.7 Å². The van der Waals surface area contributed by atoms with Crippen LogP contribution in [0.1, 0.15) is 28.1 Å². The molecule has 5 heteroatoms. The smallest absolute Gasteiger partial charge is 0.238 e. The van der Waals surface area contributed by atoms with Crippen molar-refractivity contribution in [2.45, 2.75) is 34.2 Å². The van der Waals surface area contributed by atoms with Crippen molar-refractivity contribution in [1.29, 1.82) is 0 Å². The molecular formula is C23H28N4O. The first-order valence-electron chi connectivity index (χ1n) is 9.52. The molecule has 1 N–H and O–H groups in total. The van der Waals surface area contributed by atoms with Gasteiger partial charge in [0.1, 0.15) is 0 Å². The number of carbonyl (C=O) groups is 1. The Morgan fingerprint density at radius 2 is 1.75 bits per heavy atom. The van der Waals surface area contributed by atoms with Crippen LogP contribution in [0.4, 0.5) is 5.69 Å². The van der Waals surface area contributed by atoms with Gasteiger partial charge in [0.05, 0.1) is 17.9 Å². The minimum absolute atomic E-state index is 0.0121. The predicted octanol–water partition coefficient (Wildman–Crippen LogP) is 4.18. The lowest BCUT2D eigenvalue weighted by Gasteiger charge is -2.17. The Balaban J connectivity index is 1.68. The zero-order valence-electron chi connectivity index (χ0n) is 17.3. The maximum Gasteiger partial charge on any atom is 0.238 e. The highest BCUT2D eigenvalue weighted by Crippen LogP contribution is 2.20. The SMILES string of the molecule is Cc1cccc(NC(=O)CN(C)Cc2c(C)nn(-c3ccccc3)c2C)c1C. The summed E-state index contributed by atoms with van der Waals surface area (Å²) in [6.07, 6.45) is 0. The normalized spacial score (nSPS) is 11.1. The molecular weight excluding hydrogens is 348 g/mol. The molecule has 1 heterocycles. The zero-order valence-corrected chi connectivity index (χ0v) is 17.3. The van der Waals surface area contributed by atoms with Gasteiger partial charge < -0.3 is 5.32 Å². The fourth-order valence-electron chi connectivity index (χ4n) is 3.37. The van der Waals surface area contributed by atoms with Gasteiger partial charge in [0.25, 0.3) is 0 Å². The molecule has 146 valence electrons. The number of nitrogens with one attached hydrogen (secondary N) is 1. The van der Waals surface area contributed by atoms with Crippen molar-refractivity contribution < 1.29 is 4.79 Å². The molecule has 0 atom stereocenters. The molecule has 0 radical (unpaired) electrons. The highest BCUT2D eigenvalue weighted by molar-refractivity contribution is 5.93. The van der Waals surface area contributed by atoms with E-state index in [4.69, 9.17) is 5.10 Å². The van der Waals surface area contributed by atoms with E-state index in [1.165, 1.54) is 5.56 Å². The number of hydrogen-bond acceptors (Lipinski definition) is 3. The maximum absolute atomic E-state index is 12.5. The van der Waals surface area contributed by atoms with Crippen LogP contribution in [-0.4, -0.2) is 34.2 Å². The van der Waals surface area contributed by atoms with Gasteiger partial charge in [-0.15, -0.1) is 0 Å². The van der Waals surface area contributed by atoms with E-state index in [0.29, 0.717) is 13.1 Å². The van der Waals surface area contributed by atoms with Crippen molar-refractivity contribution in [3.05, 3.63) is 76.6 Å². The second-order valence-electron chi connectivity index (χ2n) is 7.36. The van der Waals surface area contributed by atoms with E-state index in [-0.39, 0.29) is 5.91 Å². The molecule has 0 saturated carbocycles. The molecule has 3 aromatic rings. The number of aromatic nitrogens is 2. The molecule has 3 rings (SSSR count). The van der Waals surface area contributed by atoms with Crippen LogP contribution >= 0.6 is 0 Å². The summed E-state index contributed by atoms with van der Waals surface area (Å²) in [7, 11) is 1.96. The summed E-state index contributed by atoms with van der Waals surface area (Å²) in [6.45, 7) is 9.16. The Morgan fingerprint density at radius 3 is 2.46 bits per heavy atom. The van der Waals surface area contributed by atoms with Gasteiger partial charge in [-0.3, -0.25) is 9.69 Å². The molecule has 0 aliphatic rings. The molecule has 0 bridgehead atoms. The quantitative estimate of drug-likeness (QED) is 0.702. The van der Waals surface area contributed by atoms with Gasteiger partial charge in [-0.2, -0.15) is 5.10 Å². The van der Waals surface area contributed by atoms with Crippen LogP contribution in [0.15, 0.2) is 48.5 Å². The Labute approximate surface area is 167 Å². The third-order valence-corrected chi connectivity index (χ3v) is 5.16. The Morgan fingerprint density at radius 1 is 1.04 bits per heavy atom. The van der Waals surface area contributed by atoms with E-state index in [1.807, 2.05) is 85.9 Å². The molecule has 1 amide bonds. The van der Waals surface area contributed by atoms with Crippen LogP contribution in [-0.2, 0) is 11.3 Å². The standard InChI is InChI=1S/C23H28N4O/c1-16-10-9-13-22(17(16)2)24-23(28)15-26(5)14-21-18(3)25-27(19(21)4)20-11-7-6-8-12-20/h6-13H,14-15H2,1-5H3,(H,24,28). The molecule has 0 aliphatic carbocycles. The van der Waals surface area contributed by atoms with Crippen molar-refractivity contribution in [3.8, 4) is 5.69 Å². The van der Waals surface area contributed by atoms with E-state index in [0.717, 1.165) is 33.9 Å². The molecule has 0 spiro atoms. The molecule has 28 heavy (non-hydrogen) atoms. The monoisotopic (exact) mass is 376 g/mol. The third-order valence-electron chi connectivity index (χ3n) is 5.16. The van der Waals surface area contributed by atoms with E-state index < -0.39 is 0 Å². The summed E-state index contributed by atoms with van der Waals surface area (Å²) >= 11 is 0. The van der Waals surface area contributed by atoms with E-state index >= 15 is 0 Å². The summed E-state index contributed by atoms with van der Waals surface area (Å²) < 4.78 is 1.97. The second kappa shape index (κ2) is 8.40. The number of para-hydroxylation sites is 1. The highest BCUT2D eigenvalue weighted by atomic mass is 16.2. The number of aryl methyl sites for hydroxylation is 2. The number of amides is 1. The third kappa shape index (κ3) is 4.31. The average molecular weight is 377 g/mol. The summed E-state index contributed by atoms with van der Waals surface area (Å²) in [6, 6.07) is 16.1. The minimum atomic E-state index is -0.0121. The zero-order chi connectivity index (χ0) is 20.3. The molecule has 0 aliphatic heterocycles. The topological polar surface area (TPSA) is 50.2 Å². The highest BCUT2D eigenvalue weighted by Gasteiger charge is 2.16. The summed E-state index contributed by atoms with van der Waals surface area (Å²) in [5, 5.41) is 7.72. The van der Waals surface area contributed by atoms with E-state index in [9.17, 15) is 4.79 Å². The largest absolute Gasteiger partial charge is 0.325 e. The van der Waals surface area contributed by atoms with Crippen molar-refractivity contribution >= 4 is 11.6 Å². The van der Waals surface area contributed by atoms with Crippen LogP contribution in [0.5, 0.6) is 0 Å². The van der Waals surface area contributed by atoms with Gasteiger partial charge in [0.2, 0.25) is 5.91 Å². The Bertz CT molecular complexity index is 976. The number of rotatable bonds is 6. The van der Waals surface area contributed by atoms with E-state index in [1.54, 1.807) is 0 Å². The predicted molar refractivity (Wildman–Crippen MR) is 114 cm³/mol. The molecule has 0 saturated heterocycles. The fraction of sp³-hybridized carbons (Fsp3) is 0.304. The number of nitrogens with zero attached hydrogens (tertiary/aromatic N) is 3. The molecule has 0 fully saturated rings. The second-order valence-corrected chi connectivity index (χ2v) is 7.36. The van der Waals surface area contributed by atoms with Gasteiger partial charge in [-0.25, -0.2) is 4.68 Å². The van der Waals surface area contributed by atoms with Gasteiger partial charge >= 0.3 is 0 Å². The van der Waals surface area contributed by atoms with E-state index in [2.05, 4.69) is 12.2 Å². The Hall–Kier alpha value is -2.92. The molecule has 0 unspecified atom stereocenters. The molecule has 2 aromatic carbocycles. The van der Waals surface area contributed by atoms with Gasteiger partial charge in [0, 0.05) is 23.5 Å². The van der Waals surface area contributed by atoms with Crippen LogP contribution in [0.2, 0.25) is 0 Å². The van der Waals surface area contributed by atoms with Crippen molar-refractivity contribution in [2.75, 3.05) is 18.9 Å².